The van der Waals surface area contributed by atoms with Crippen LogP contribution in [0.4, 0.5) is 0 Å². The zero-order valence-electron chi connectivity index (χ0n) is 13.2. The van der Waals surface area contributed by atoms with Gasteiger partial charge < -0.3 is 4.90 Å². The van der Waals surface area contributed by atoms with Crippen LogP contribution >= 0.6 is 0 Å². The fourth-order valence-corrected chi connectivity index (χ4v) is 7.21. The normalized spacial score (nSPS) is 54.8. The van der Waals surface area contributed by atoms with E-state index in [2.05, 4.69) is 32.6 Å². The molecule has 0 aromatic carbocycles. The van der Waals surface area contributed by atoms with E-state index in [-0.39, 0.29) is 0 Å². The summed E-state index contributed by atoms with van der Waals surface area (Å²) in [7, 11) is 4.67. The maximum atomic E-state index is 2.57. The van der Waals surface area contributed by atoms with Crippen molar-refractivity contribution in [3.05, 3.63) is 0 Å². The predicted octanol–water partition coefficient (Wildman–Crippen LogP) is 3.74. The Bertz CT molecular complexity index is 334. The van der Waals surface area contributed by atoms with Gasteiger partial charge in [-0.2, -0.15) is 0 Å². The fourth-order valence-electron chi connectivity index (χ4n) is 7.21. The van der Waals surface area contributed by atoms with Gasteiger partial charge in [0, 0.05) is 6.04 Å². The highest BCUT2D eigenvalue weighted by atomic mass is 15.1. The van der Waals surface area contributed by atoms with Crippen molar-refractivity contribution in [3.63, 3.8) is 0 Å². The molecule has 8 unspecified atom stereocenters. The van der Waals surface area contributed by atoms with Gasteiger partial charge in [-0.1, -0.05) is 25.9 Å². The van der Waals surface area contributed by atoms with Gasteiger partial charge in [-0.3, -0.25) is 0 Å². The number of hydrogen-bond acceptors (Lipinski definition) is 1. The summed E-state index contributed by atoms with van der Waals surface area (Å²) in [5.74, 6) is 7.70. The van der Waals surface area contributed by atoms with Crippen LogP contribution in [0.2, 0.25) is 19.5 Å². The molecule has 0 spiro atoms. The lowest BCUT2D eigenvalue weighted by Crippen LogP contribution is -2.40. The van der Waals surface area contributed by atoms with Crippen molar-refractivity contribution < 1.29 is 0 Å². The molecule has 0 saturated heterocycles. The predicted molar refractivity (Wildman–Crippen MR) is 82.7 cm³/mol. The van der Waals surface area contributed by atoms with Crippen LogP contribution in [-0.2, 0) is 0 Å². The maximum absolute atomic E-state index is 2.57. The van der Waals surface area contributed by atoms with Gasteiger partial charge in [0.1, 0.15) is 6.71 Å². The largest absolute Gasteiger partial charge is 0.306 e. The Morgan fingerprint density at radius 2 is 1.47 bits per heavy atom. The van der Waals surface area contributed by atoms with Gasteiger partial charge in [0.05, 0.1) is 0 Å². The number of rotatable bonds is 2. The second kappa shape index (κ2) is 4.26. The smallest absolute Gasteiger partial charge is 0.137 e. The first-order chi connectivity index (χ1) is 9.09. The first-order valence-corrected chi connectivity index (χ1v) is 8.76. The Labute approximate surface area is 119 Å². The van der Waals surface area contributed by atoms with Crippen LogP contribution in [0.5, 0.6) is 0 Å². The third kappa shape index (κ3) is 1.59. The molecular formula is C17H30BN. The van der Waals surface area contributed by atoms with Gasteiger partial charge >= 0.3 is 0 Å². The quantitative estimate of drug-likeness (QED) is 0.683. The average Bonchev–Trinajstić information content (AvgIpc) is 3.05. The molecule has 8 atom stereocenters. The summed E-state index contributed by atoms with van der Waals surface area (Å²) in [6, 6.07) is 0.897. The third-order valence-corrected chi connectivity index (χ3v) is 7.67. The second-order valence-corrected chi connectivity index (χ2v) is 8.65. The monoisotopic (exact) mass is 259 g/mol. The maximum Gasteiger partial charge on any atom is 0.137 e. The van der Waals surface area contributed by atoms with Crippen molar-refractivity contribution >= 4 is 6.71 Å². The average molecular weight is 259 g/mol. The molecule has 0 heterocycles. The molecule has 0 radical (unpaired) electrons. The van der Waals surface area contributed by atoms with E-state index in [1.54, 1.807) is 25.7 Å². The van der Waals surface area contributed by atoms with E-state index in [0.29, 0.717) is 0 Å². The standard InChI is InChI=1S/C17H30BN/c1-18(2)14-9-15(19(3)4)17-13-8-12(16(14)17)10-6-5-7-11(10)13/h10-17H,5-9H2,1-4H3. The summed E-state index contributed by atoms with van der Waals surface area (Å²) < 4.78 is 0. The molecule has 1 nitrogen and oxygen atoms in total. The van der Waals surface area contributed by atoms with Crippen molar-refractivity contribution in [3.8, 4) is 0 Å². The molecule has 0 amide bonds. The molecule has 0 aromatic heterocycles. The zero-order valence-corrected chi connectivity index (χ0v) is 13.2. The lowest BCUT2D eigenvalue weighted by molar-refractivity contribution is 0.0938. The topological polar surface area (TPSA) is 3.24 Å². The van der Waals surface area contributed by atoms with Gasteiger partial charge in [0.15, 0.2) is 0 Å². The Hall–Kier alpha value is 0.0249. The highest BCUT2D eigenvalue weighted by molar-refractivity contribution is 6.57. The molecule has 0 aliphatic heterocycles. The molecule has 0 N–H and O–H groups in total. The molecule has 4 aliphatic carbocycles. The van der Waals surface area contributed by atoms with Gasteiger partial charge in [0.25, 0.3) is 0 Å². The van der Waals surface area contributed by atoms with E-state index in [1.165, 1.54) is 6.42 Å². The molecule has 2 bridgehead atoms. The van der Waals surface area contributed by atoms with Gasteiger partial charge in [-0.15, -0.1) is 0 Å². The van der Waals surface area contributed by atoms with Crippen LogP contribution < -0.4 is 0 Å². The Morgan fingerprint density at radius 1 is 0.842 bits per heavy atom. The second-order valence-electron chi connectivity index (χ2n) is 8.65. The highest BCUT2D eigenvalue weighted by Gasteiger charge is 2.65. The molecule has 4 rings (SSSR count). The van der Waals surface area contributed by atoms with Crippen molar-refractivity contribution in [2.45, 2.75) is 57.6 Å². The lowest BCUT2D eigenvalue weighted by atomic mass is 9.41. The first kappa shape index (κ1) is 12.7. The van der Waals surface area contributed by atoms with Crippen molar-refractivity contribution in [2.75, 3.05) is 14.1 Å². The SMILES string of the molecule is CB(C)C1CC(N(C)C)C2C3CC(C4CCCC43)C12. The van der Waals surface area contributed by atoms with Crippen LogP contribution in [0.1, 0.15) is 32.1 Å². The van der Waals surface area contributed by atoms with E-state index in [4.69, 9.17) is 0 Å². The summed E-state index contributed by atoms with van der Waals surface area (Å²) in [5, 5.41) is 0. The van der Waals surface area contributed by atoms with Gasteiger partial charge in [-0.05, 0) is 75.3 Å². The molecular weight excluding hydrogens is 229 g/mol. The lowest BCUT2D eigenvalue weighted by Gasteiger charge is -2.40. The zero-order chi connectivity index (χ0) is 13.3. The minimum absolute atomic E-state index is 0.897. The molecule has 4 aliphatic rings. The number of hydrogen-bond donors (Lipinski definition) is 0. The highest BCUT2D eigenvalue weighted by Crippen LogP contribution is 2.70. The number of nitrogens with zero attached hydrogens (tertiary/aromatic N) is 1. The van der Waals surface area contributed by atoms with Crippen LogP contribution in [-0.4, -0.2) is 31.7 Å². The first-order valence-electron chi connectivity index (χ1n) is 8.76. The van der Waals surface area contributed by atoms with E-state index >= 15 is 0 Å². The van der Waals surface area contributed by atoms with E-state index in [9.17, 15) is 0 Å². The molecule has 106 valence electrons. The minimum Gasteiger partial charge on any atom is -0.306 e. The van der Waals surface area contributed by atoms with Crippen molar-refractivity contribution in [1.29, 1.82) is 0 Å². The van der Waals surface area contributed by atoms with Crippen molar-refractivity contribution in [1.82, 2.24) is 4.90 Å². The van der Waals surface area contributed by atoms with E-state index < -0.39 is 0 Å². The molecule has 19 heavy (non-hydrogen) atoms. The summed E-state index contributed by atoms with van der Waals surface area (Å²) in [6.07, 6.45) is 7.79. The van der Waals surface area contributed by atoms with E-state index in [1.807, 2.05) is 0 Å². The molecule has 4 saturated carbocycles. The van der Waals surface area contributed by atoms with Crippen molar-refractivity contribution in [2.24, 2.45) is 35.5 Å². The fraction of sp³-hybridized carbons (Fsp3) is 1.00. The summed E-state index contributed by atoms with van der Waals surface area (Å²) in [6.45, 7) is 5.87. The summed E-state index contributed by atoms with van der Waals surface area (Å²) in [5.41, 5.74) is 0. The summed E-state index contributed by atoms with van der Waals surface area (Å²) >= 11 is 0. The Balaban J connectivity index is 1.68. The van der Waals surface area contributed by atoms with Gasteiger partial charge in [-0.25, -0.2) is 0 Å². The van der Waals surface area contributed by atoms with Crippen LogP contribution in [0, 0.1) is 35.5 Å². The molecule has 4 fully saturated rings. The Kier molecular flexibility index (Phi) is 2.86. The Morgan fingerprint density at radius 3 is 2.05 bits per heavy atom. The van der Waals surface area contributed by atoms with Crippen LogP contribution in [0.25, 0.3) is 0 Å². The summed E-state index contributed by atoms with van der Waals surface area (Å²) in [4.78, 5) is 2.57. The van der Waals surface area contributed by atoms with E-state index in [0.717, 1.165) is 54.1 Å². The van der Waals surface area contributed by atoms with Crippen LogP contribution in [0.15, 0.2) is 0 Å². The van der Waals surface area contributed by atoms with Gasteiger partial charge in [0.2, 0.25) is 0 Å². The number of fused-ring (bicyclic) bond motifs is 8. The molecule has 2 heteroatoms. The third-order valence-electron chi connectivity index (χ3n) is 7.67. The minimum atomic E-state index is 0.897. The molecule has 0 aromatic rings. The van der Waals surface area contributed by atoms with Crippen LogP contribution in [0.3, 0.4) is 0 Å².